The summed E-state index contributed by atoms with van der Waals surface area (Å²) in [6.07, 6.45) is 1.71. The predicted octanol–water partition coefficient (Wildman–Crippen LogP) is 1.08. The number of hydrogen-bond donors (Lipinski definition) is 7. The fraction of sp³-hybridized carbons (Fsp3) is 0.414. The van der Waals surface area contributed by atoms with E-state index in [0.717, 1.165) is 18.7 Å². The summed E-state index contributed by atoms with van der Waals surface area (Å²) >= 11 is 0. The van der Waals surface area contributed by atoms with Gasteiger partial charge in [-0.05, 0) is 35.9 Å². The van der Waals surface area contributed by atoms with Crippen molar-refractivity contribution < 1.29 is 9.59 Å². The zero-order valence-electron chi connectivity index (χ0n) is 22.8. The van der Waals surface area contributed by atoms with E-state index in [1.807, 2.05) is 18.2 Å². The van der Waals surface area contributed by atoms with Crippen LogP contribution in [0.2, 0.25) is 0 Å². The molecule has 2 aromatic carbocycles. The highest BCUT2D eigenvalue weighted by Crippen LogP contribution is 2.40. The molecular weight excluding hydrogens is 492 g/mol. The molecule has 7 N–H and O–H groups in total. The number of piperazine rings is 2. The average molecular weight is 531 g/mol. The van der Waals surface area contributed by atoms with E-state index in [1.54, 1.807) is 33.3 Å². The quantitative estimate of drug-likeness (QED) is 0.223. The first-order chi connectivity index (χ1) is 19.0. The van der Waals surface area contributed by atoms with Crippen LogP contribution >= 0.6 is 0 Å². The number of nitrogens with zero attached hydrogens (tertiary/aromatic N) is 1. The van der Waals surface area contributed by atoms with Gasteiger partial charge in [0.15, 0.2) is 11.6 Å². The van der Waals surface area contributed by atoms with Gasteiger partial charge in [0.05, 0.1) is 41.1 Å². The molecule has 2 aromatic rings. The van der Waals surface area contributed by atoms with Crippen molar-refractivity contribution in [3.8, 4) is 6.07 Å². The molecule has 0 aromatic heterocycles. The lowest BCUT2D eigenvalue weighted by molar-refractivity contribution is 0.0923. The number of rotatable bonds is 10. The van der Waals surface area contributed by atoms with E-state index in [2.05, 4.69) is 49.9 Å². The van der Waals surface area contributed by atoms with Crippen molar-refractivity contribution >= 4 is 29.0 Å². The van der Waals surface area contributed by atoms with Gasteiger partial charge in [-0.2, -0.15) is 5.26 Å². The Labute approximate surface area is 230 Å². The summed E-state index contributed by atoms with van der Waals surface area (Å²) in [5, 5.41) is 33.0. The predicted molar refractivity (Wildman–Crippen MR) is 156 cm³/mol. The normalized spacial score (nSPS) is 19.9. The molecule has 206 valence electrons. The Morgan fingerprint density at radius 2 is 1.64 bits per heavy atom. The lowest BCUT2D eigenvalue weighted by Crippen LogP contribution is -2.53. The third-order valence-corrected chi connectivity index (χ3v) is 7.45. The van der Waals surface area contributed by atoms with Gasteiger partial charge >= 0.3 is 0 Å². The van der Waals surface area contributed by atoms with E-state index in [9.17, 15) is 14.9 Å². The number of benzene rings is 2. The van der Waals surface area contributed by atoms with Crippen molar-refractivity contribution in [1.29, 1.82) is 5.26 Å². The zero-order chi connectivity index (χ0) is 27.9. The molecule has 2 aliphatic heterocycles. The molecule has 2 fully saturated rings. The molecule has 3 atom stereocenters. The maximum absolute atomic E-state index is 14.2. The summed E-state index contributed by atoms with van der Waals surface area (Å²) in [5.41, 5.74) is 4.63. The van der Waals surface area contributed by atoms with Crippen LogP contribution in [0.3, 0.4) is 0 Å². The molecule has 2 heterocycles. The van der Waals surface area contributed by atoms with Crippen molar-refractivity contribution in [1.82, 2.24) is 26.6 Å². The maximum atomic E-state index is 14.2. The fourth-order valence-corrected chi connectivity index (χ4v) is 5.58. The number of nitrogens with one attached hydrogen (secondary N) is 7. The number of anilines is 2. The molecule has 10 heteroatoms. The fourth-order valence-electron chi connectivity index (χ4n) is 5.58. The van der Waals surface area contributed by atoms with Crippen molar-refractivity contribution in [2.45, 2.75) is 18.1 Å². The lowest BCUT2D eigenvalue weighted by atomic mass is 9.82. The van der Waals surface area contributed by atoms with E-state index in [-0.39, 0.29) is 11.6 Å². The molecule has 0 bridgehead atoms. The van der Waals surface area contributed by atoms with Gasteiger partial charge in [-0.1, -0.05) is 24.8 Å². The number of carbonyl (C=O) groups excluding carboxylic acids is 2. The Morgan fingerprint density at radius 1 is 1.00 bits per heavy atom. The van der Waals surface area contributed by atoms with Crippen LogP contribution in [-0.2, 0) is 0 Å². The molecular formula is C29H38N8O2. The molecule has 0 spiro atoms. The van der Waals surface area contributed by atoms with Gasteiger partial charge in [0, 0.05) is 64.5 Å². The Bertz CT molecular complexity index is 1270. The Balaban J connectivity index is 2.02. The van der Waals surface area contributed by atoms with Gasteiger partial charge in [0.2, 0.25) is 0 Å². The van der Waals surface area contributed by atoms with E-state index in [4.69, 9.17) is 0 Å². The van der Waals surface area contributed by atoms with Gasteiger partial charge in [-0.25, -0.2) is 0 Å². The van der Waals surface area contributed by atoms with Crippen LogP contribution in [0.1, 0.15) is 49.0 Å². The highest BCUT2D eigenvalue weighted by Gasteiger charge is 2.35. The summed E-state index contributed by atoms with van der Waals surface area (Å²) in [6.45, 7) is 7.90. The topological polar surface area (TPSA) is 142 Å². The van der Waals surface area contributed by atoms with Crippen LogP contribution in [-0.4, -0.2) is 84.1 Å². The second kappa shape index (κ2) is 13.0. The van der Waals surface area contributed by atoms with Crippen molar-refractivity contribution in [2.24, 2.45) is 0 Å². The Kier molecular flexibility index (Phi) is 9.45. The Morgan fingerprint density at radius 3 is 2.15 bits per heavy atom. The summed E-state index contributed by atoms with van der Waals surface area (Å²) in [7, 11) is 5.30. The second-order valence-corrected chi connectivity index (χ2v) is 9.63. The minimum atomic E-state index is -0.564. The molecule has 39 heavy (non-hydrogen) atoms. The number of Topliss-reactive ketones (excluding diaryl/α,β-unsaturated/α-hetero) is 2. The standard InChI is InChI=1S/C29H38N8O2/c1-5-17-7-6-8-18(14-30)23(17)25(31-2)19-13-20(28(38)21-15-34-9-11-36-21)26(32-3)27(33-4)24(19)29(39)22-16-35-10-12-37-22/h5-8,13,21-22,25,31-37H,1,9-12,15-16H2,2-4H3. The molecule has 2 aliphatic rings. The molecule has 0 amide bonds. The largest absolute Gasteiger partial charge is 0.386 e. The highest BCUT2D eigenvalue weighted by atomic mass is 16.1. The zero-order valence-corrected chi connectivity index (χ0v) is 22.8. The van der Waals surface area contributed by atoms with Crippen molar-refractivity contribution in [3.05, 3.63) is 64.2 Å². The van der Waals surface area contributed by atoms with Gasteiger partial charge < -0.3 is 37.2 Å². The van der Waals surface area contributed by atoms with Crippen LogP contribution in [0.25, 0.3) is 6.08 Å². The first-order valence-electron chi connectivity index (χ1n) is 13.4. The molecule has 0 saturated carbocycles. The van der Waals surface area contributed by atoms with Crippen LogP contribution in [0.15, 0.2) is 30.8 Å². The number of ketones is 2. The first-order valence-corrected chi connectivity index (χ1v) is 13.4. The summed E-state index contributed by atoms with van der Waals surface area (Å²) in [6, 6.07) is 8.17. The van der Waals surface area contributed by atoms with Crippen molar-refractivity contribution in [2.75, 3.05) is 71.0 Å². The molecule has 3 unspecified atom stereocenters. The summed E-state index contributed by atoms with van der Waals surface area (Å²) in [4.78, 5) is 28.1. The SMILES string of the molecule is C=Cc1cccc(C#N)c1C(NC)c1cc(C(=O)C2CNCCN2)c(NC)c(NC)c1C(=O)C1CNCCN1. The summed E-state index contributed by atoms with van der Waals surface area (Å²) in [5.74, 6) is -0.169. The van der Waals surface area contributed by atoms with Gasteiger partial charge in [0.25, 0.3) is 0 Å². The van der Waals surface area contributed by atoms with Crippen LogP contribution in [0.4, 0.5) is 11.4 Å². The first kappa shape index (κ1) is 28.4. The van der Waals surface area contributed by atoms with Crippen LogP contribution < -0.4 is 37.2 Å². The van der Waals surface area contributed by atoms with E-state index in [0.29, 0.717) is 65.4 Å². The third-order valence-electron chi connectivity index (χ3n) is 7.45. The van der Waals surface area contributed by atoms with E-state index >= 15 is 0 Å². The second-order valence-electron chi connectivity index (χ2n) is 9.63. The van der Waals surface area contributed by atoms with Gasteiger partial charge in [0.1, 0.15) is 0 Å². The maximum Gasteiger partial charge on any atom is 0.183 e. The van der Waals surface area contributed by atoms with E-state index in [1.165, 1.54) is 0 Å². The molecule has 2 saturated heterocycles. The lowest BCUT2D eigenvalue weighted by Gasteiger charge is -2.31. The number of nitriles is 1. The molecule has 0 aliphatic carbocycles. The van der Waals surface area contributed by atoms with E-state index < -0.39 is 18.1 Å². The van der Waals surface area contributed by atoms with Gasteiger partial charge in [-0.3, -0.25) is 9.59 Å². The molecule has 10 nitrogen and oxygen atoms in total. The number of carbonyl (C=O) groups is 2. The minimum Gasteiger partial charge on any atom is -0.386 e. The number of hydrogen-bond acceptors (Lipinski definition) is 10. The minimum absolute atomic E-state index is 0.0758. The molecule has 0 radical (unpaired) electrons. The Hall–Kier alpha value is -3.59. The summed E-state index contributed by atoms with van der Waals surface area (Å²) < 4.78 is 0. The van der Waals surface area contributed by atoms with Gasteiger partial charge in [-0.15, -0.1) is 0 Å². The smallest absolute Gasteiger partial charge is 0.183 e. The van der Waals surface area contributed by atoms with Crippen LogP contribution in [0.5, 0.6) is 0 Å². The highest BCUT2D eigenvalue weighted by molar-refractivity contribution is 6.14. The van der Waals surface area contributed by atoms with Crippen LogP contribution in [0, 0.1) is 11.3 Å². The monoisotopic (exact) mass is 530 g/mol. The third kappa shape index (κ3) is 5.59. The average Bonchev–Trinajstić information content (AvgIpc) is 3.00. The molecule has 4 rings (SSSR count). The van der Waals surface area contributed by atoms with Crippen molar-refractivity contribution in [3.63, 3.8) is 0 Å².